The van der Waals surface area contributed by atoms with Gasteiger partial charge in [0.15, 0.2) is 11.6 Å². The van der Waals surface area contributed by atoms with Gasteiger partial charge in [0.1, 0.15) is 5.82 Å². The molecule has 0 saturated heterocycles. The van der Waals surface area contributed by atoms with Crippen molar-refractivity contribution in [3.8, 4) is 17.1 Å². The van der Waals surface area contributed by atoms with E-state index in [0.717, 1.165) is 24.0 Å². The zero-order chi connectivity index (χ0) is 25.1. The number of benzene rings is 2. The lowest BCUT2D eigenvalue weighted by Gasteiger charge is -2.36. The topological polar surface area (TPSA) is 88.5 Å². The highest BCUT2D eigenvalue weighted by Gasteiger charge is 2.37. The van der Waals surface area contributed by atoms with Crippen LogP contribution in [0, 0.1) is 11.7 Å². The maximum Gasteiger partial charge on any atom is 0.251 e. The third-order valence-corrected chi connectivity index (χ3v) is 6.52. The Bertz CT molecular complexity index is 1230. The monoisotopic (exact) mass is 481 g/mol. The smallest absolute Gasteiger partial charge is 0.251 e. The Balaban J connectivity index is 1.69. The van der Waals surface area contributed by atoms with Crippen LogP contribution in [0.1, 0.15) is 35.7 Å². The highest BCUT2D eigenvalue weighted by molar-refractivity contribution is 5.98. The summed E-state index contributed by atoms with van der Waals surface area (Å²) < 4.78 is 21.3. The summed E-state index contributed by atoms with van der Waals surface area (Å²) in [6.07, 6.45) is 2.19. The molecule has 8 nitrogen and oxygen atoms in total. The van der Waals surface area contributed by atoms with E-state index in [2.05, 4.69) is 20.1 Å². The summed E-state index contributed by atoms with van der Waals surface area (Å²) in [6.45, 7) is 1.48. The molecule has 4 rings (SSSR count). The summed E-state index contributed by atoms with van der Waals surface area (Å²) >= 11 is 0. The Hall–Kier alpha value is -3.46. The first kappa shape index (κ1) is 24.7. The fourth-order valence-corrected chi connectivity index (χ4v) is 4.52. The number of hydrogen-bond acceptors (Lipinski definition) is 5. The Morgan fingerprint density at radius 3 is 2.66 bits per heavy atom. The van der Waals surface area contributed by atoms with E-state index in [1.54, 1.807) is 25.2 Å². The summed E-state index contributed by atoms with van der Waals surface area (Å²) in [7, 11) is 7.07. The molecule has 9 heteroatoms. The molecule has 1 aliphatic rings. The summed E-state index contributed by atoms with van der Waals surface area (Å²) in [5.41, 5.74) is 2.80. The van der Waals surface area contributed by atoms with Crippen LogP contribution in [0.3, 0.4) is 0 Å². The molecule has 3 aromatic rings. The predicted molar refractivity (Wildman–Crippen MR) is 133 cm³/mol. The van der Waals surface area contributed by atoms with E-state index in [-0.39, 0.29) is 29.5 Å². The Labute approximate surface area is 204 Å². The molecule has 2 aromatic carbocycles. The van der Waals surface area contributed by atoms with E-state index in [4.69, 9.17) is 9.72 Å². The van der Waals surface area contributed by atoms with E-state index in [1.807, 2.05) is 26.2 Å². The number of nitrogens with one attached hydrogen (secondary N) is 2. The second kappa shape index (κ2) is 10.4. The van der Waals surface area contributed by atoms with E-state index >= 15 is 0 Å². The molecule has 0 spiro atoms. The van der Waals surface area contributed by atoms with E-state index in [1.165, 1.54) is 13.2 Å². The third-order valence-electron chi connectivity index (χ3n) is 6.52. The summed E-state index contributed by atoms with van der Waals surface area (Å²) in [4.78, 5) is 31.8. The molecule has 1 saturated carbocycles. The van der Waals surface area contributed by atoms with Gasteiger partial charge in [-0.15, -0.1) is 0 Å². The van der Waals surface area contributed by atoms with Crippen molar-refractivity contribution in [3.05, 3.63) is 47.8 Å². The van der Waals surface area contributed by atoms with Crippen molar-refractivity contribution in [2.24, 2.45) is 5.92 Å². The Morgan fingerprint density at radius 1 is 1.20 bits per heavy atom. The molecule has 0 atom stereocenters. The van der Waals surface area contributed by atoms with Crippen LogP contribution in [0.4, 0.5) is 4.39 Å². The molecule has 1 fully saturated rings. The molecule has 1 aromatic heterocycles. The number of methoxy groups -OCH3 is 1. The highest BCUT2D eigenvalue weighted by Crippen LogP contribution is 2.43. The zero-order valence-corrected chi connectivity index (χ0v) is 20.6. The van der Waals surface area contributed by atoms with Gasteiger partial charge in [-0.25, -0.2) is 9.37 Å². The van der Waals surface area contributed by atoms with Crippen LogP contribution in [0.15, 0.2) is 36.4 Å². The average molecular weight is 482 g/mol. The van der Waals surface area contributed by atoms with E-state index < -0.39 is 5.82 Å². The van der Waals surface area contributed by atoms with Crippen LogP contribution < -0.4 is 15.4 Å². The van der Waals surface area contributed by atoms with Crippen LogP contribution in [-0.2, 0) is 4.79 Å². The van der Waals surface area contributed by atoms with Gasteiger partial charge in [0.2, 0.25) is 5.91 Å². The van der Waals surface area contributed by atoms with E-state index in [0.29, 0.717) is 36.3 Å². The second-order valence-corrected chi connectivity index (χ2v) is 9.21. The van der Waals surface area contributed by atoms with Crippen molar-refractivity contribution in [2.75, 3.05) is 41.3 Å². The first-order chi connectivity index (χ1) is 16.8. The summed E-state index contributed by atoms with van der Waals surface area (Å²) in [5.74, 6) is 0.156. The van der Waals surface area contributed by atoms with Crippen molar-refractivity contribution >= 4 is 22.8 Å². The third kappa shape index (κ3) is 5.14. The summed E-state index contributed by atoms with van der Waals surface area (Å²) in [5, 5.41) is 5.69. The number of halogens is 1. The highest BCUT2D eigenvalue weighted by atomic mass is 19.1. The number of ether oxygens (including phenoxy) is 1. The number of nitrogens with zero attached hydrogens (tertiary/aromatic N) is 3. The van der Waals surface area contributed by atoms with Crippen LogP contribution in [0.2, 0.25) is 0 Å². The maximum absolute atomic E-state index is 14.1. The van der Waals surface area contributed by atoms with Crippen molar-refractivity contribution in [2.45, 2.75) is 25.3 Å². The molecule has 0 bridgehead atoms. The standard InChI is InChI=1S/C26H32FN5O3/c1-28-25(33)18-12-19(13-18)32-22-14-17(26(34)29-10-5-11-31(2)3)7-9-21(22)30-24(32)16-6-8-20(27)23(15-16)35-4/h6-9,14-15,18-19H,5,10-13H2,1-4H3,(H,28,33)(H,29,34). The van der Waals surface area contributed by atoms with Crippen LogP contribution >= 0.6 is 0 Å². The quantitative estimate of drug-likeness (QED) is 0.458. The van der Waals surface area contributed by atoms with Crippen LogP contribution in [0.5, 0.6) is 5.75 Å². The lowest BCUT2D eigenvalue weighted by atomic mass is 9.79. The van der Waals surface area contributed by atoms with Crippen molar-refractivity contribution in [1.82, 2.24) is 25.1 Å². The molecule has 0 aliphatic heterocycles. The molecule has 1 aliphatic carbocycles. The molecule has 2 N–H and O–H groups in total. The molecule has 35 heavy (non-hydrogen) atoms. The predicted octanol–water partition coefficient (Wildman–Crippen LogP) is 3.23. The zero-order valence-electron chi connectivity index (χ0n) is 20.6. The first-order valence-electron chi connectivity index (χ1n) is 11.8. The molecule has 0 radical (unpaired) electrons. The average Bonchev–Trinajstić information content (AvgIpc) is 3.19. The number of hydrogen-bond donors (Lipinski definition) is 2. The van der Waals surface area contributed by atoms with Gasteiger partial charge in [-0.05, 0) is 76.3 Å². The lowest BCUT2D eigenvalue weighted by molar-refractivity contribution is -0.128. The SMILES string of the molecule is CNC(=O)C1CC(n2c(-c3ccc(F)c(OC)c3)nc3ccc(C(=O)NCCCN(C)C)cc32)C1. The fraction of sp³-hybridized carbons (Fsp3) is 0.423. The maximum atomic E-state index is 14.1. The number of amides is 2. The van der Waals surface area contributed by atoms with Gasteiger partial charge in [0, 0.05) is 36.7 Å². The number of carbonyl (C=O) groups excluding carboxylic acids is 2. The van der Waals surface area contributed by atoms with Gasteiger partial charge < -0.3 is 24.8 Å². The molecule has 186 valence electrons. The first-order valence-corrected chi connectivity index (χ1v) is 11.8. The largest absolute Gasteiger partial charge is 0.494 e. The number of rotatable bonds is 9. The molecule has 1 heterocycles. The van der Waals surface area contributed by atoms with Gasteiger partial charge in [-0.3, -0.25) is 9.59 Å². The molecular formula is C26H32FN5O3. The van der Waals surface area contributed by atoms with Crippen molar-refractivity contribution in [3.63, 3.8) is 0 Å². The number of imidazole rings is 1. The van der Waals surface area contributed by atoms with Gasteiger partial charge in [0.05, 0.1) is 18.1 Å². The van der Waals surface area contributed by atoms with Crippen molar-refractivity contribution in [1.29, 1.82) is 0 Å². The minimum Gasteiger partial charge on any atom is -0.494 e. The van der Waals surface area contributed by atoms with Crippen molar-refractivity contribution < 1.29 is 18.7 Å². The number of aromatic nitrogens is 2. The van der Waals surface area contributed by atoms with Crippen LogP contribution in [0.25, 0.3) is 22.4 Å². The normalized spacial score (nSPS) is 17.3. The van der Waals surface area contributed by atoms with Gasteiger partial charge in [-0.1, -0.05) is 0 Å². The Kier molecular flexibility index (Phi) is 7.35. The minimum atomic E-state index is -0.449. The van der Waals surface area contributed by atoms with E-state index in [9.17, 15) is 14.0 Å². The summed E-state index contributed by atoms with van der Waals surface area (Å²) in [6, 6.07) is 10.1. The van der Waals surface area contributed by atoms with Gasteiger partial charge in [-0.2, -0.15) is 0 Å². The second-order valence-electron chi connectivity index (χ2n) is 9.21. The van der Waals surface area contributed by atoms with Gasteiger partial charge in [0.25, 0.3) is 5.91 Å². The molecular weight excluding hydrogens is 449 g/mol. The lowest BCUT2D eigenvalue weighted by Crippen LogP contribution is -2.38. The van der Waals surface area contributed by atoms with Gasteiger partial charge >= 0.3 is 0 Å². The minimum absolute atomic E-state index is 0.0217. The molecule has 2 amide bonds. The fourth-order valence-electron chi connectivity index (χ4n) is 4.52. The van der Waals surface area contributed by atoms with Crippen LogP contribution in [-0.4, -0.2) is 67.6 Å². The Morgan fingerprint density at radius 2 is 1.97 bits per heavy atom. The molecule has 0 unspecified atom stereocenters. The number of fused-ring (bicyclic) bond motifs is 1. The number of carbonyl (C=O) groups is 2.